The number of allylic oxidation sites excluding steroid dienone is 2. The van der Waals surface area contributed by atoms with E-state index in [-0.39, 0.29) is 30.4 Å². The summed E-state index contributed by atoms with van der Waals surface area (Å²) in [5.74, 6) is -2.01. The third-order valence-electron chi connectivity index (χ3n) is 8.59. The summed E-state index contributed by atoms with van der Waals surface area (Å²) in [7, 11) is 1.42. The Balaban J connectivity index is 1.44. The Labute approximate surface area is 291 Å². The molecule has 1 aliphatic heterocycles. The van der Waals surface area contributed by atoms with Gasteiger partial charge in [0.1, 0.15) is 12.3 Å². The Morgan fingerprint density at radius 1 is 0.837 bits per heavy atom. The molecular weight excluding hydrogens is 620 g/mol. The van der Waals surface area contributed by atoms with Gasteiger partial charge in [-0.05, 0) is 62.8 Å². The van der Waals surface area contributed by atoms with E-state index in [0.29, 0.717) is 17.0 Å². The van der Waals surface area contributed by atoms with E-state index in [0.717, 1.165) is 51.0 Å². The van der Waals surface area contributed by atoms with Crippen molar-refractivity contribution in [2.75, 3.05) is 24.3 Å². The second-order valence-electron chi connectivity index (χ2n) is 12.7. The highest BCUT2D eigenvalue weighted by atomic mass is 16.5. The van der Waals surface area contributed by atoms with E-state index in [1.807, 2.05) is 30.3 Å². The van der Waals surface area contributed by atoms with E-state index in [1.165, 1.54) is 63.0 Å². The molecule has 2 N–H and O–H groups in total. The van der Waals surface area contributed by atoms with Crippen molar-refractivity contribution in [3.8, 4) is 5.75 Å². The normalized spacial score (nSPS) is 13.6. The van der Waals surface area contributed by atoms with Gasteiger partial charge in [0.15, 0.2) is 11.8 Å². The van der Waals surface area contributed by atoms with Crippen molar-refractivity contribution in [1.29, 1.82) is 0 Å². The Bertz CT molecular complexity index is 1410. The quantitative estimate of drug-likeness (QED) is 0.0532. The average Bonchev–Trinajstić information content (AvgIpc) is 3.34. The lowest BCUT2D eigenvalue weighted by Gasteiger charge is -2.24. The summed E-state index contributed by atoms with van der Waals surface area (Å²) in [4.78, 5) is 66.8. The zero-order chi connectivity index (χ0) is 35.4. The topological polar surface area (TPSA) is 125 Å². The number of imide groups is 1. The average molecular weight is 675 g/mol. The molecule has 1 saturated heterocycles. The van der Waals surface area contributed by atoms with Crippen LogP contribution in [0.25, 0.3) is 0 Å². The molecule has 0 radical (unpaired) electrons. The summed E-state index contributed by atoms with van der Waals surface area (Å²) in [6.07, 6.45) is 20.4. The van der Waals surface area contributed by atoms with Crippen molar-refractivity contribution in [3.63, 3.8) is 0 Å². The van der Waals surface area contributed by atoms with Gasteiger partial charge in [0.25, 0.3) is 11.8 Å². The van der Waals surface area contributed by atoms with Crippen molar-refractivity contribution in [1.82, 2.24) is 9.80 Å². The molecule has 0 spiro atoms. The van der Waals surface area contributed by atoms with E-state index in [1.54, 1.807) is 12.1 Å². The molecule has 0 aliphatic carbocycles. The molecule has 0 saturated carbocycles. The Hall–Kier alpha value is -4.47. The molecule has 10 nitrogen and oxygen atoms in total. The molecule has 266 valence electrons. The van der Waals surface area contributed by atoms with Gasteiger partial charge in [-0.2, -0.15) is 0 Å². The first-order valence-corrected chi connectivity index (χ1v) is 17.8. The molecule has 2 aromatic carbocycles. The van der Waals surface area contributed by atoms with Crippen LogP contribution in [0, 0.1) is 0 Å². The summed E-state index contributed by atoms with van der Waals surface area (Å²) in [6, 6.07) is 11.5. The number of carbonyl (C=O) groups is 5. The number of urea groups is 1. The first-order chi connectivity index (χ1) is 23.7. The molecule has 1 atom stereocenters. The summed E-state index contributed by atoms with van der Waals surface area (Å²) in [5.41, 5.74) is 1.45. The zero-order valence-electron chi connectivity index (χ0n) is 29.5. The first kappa shape index (κ1) is 39.0. The summed E-state index contributed by atoms with van der Waals surface area (Å²) >= 11 is 0. The van der Waals surface area contributed by atoms with Crippen LogP contribution >= 0.6 is 0 Å². The highest BCUT2D eigenvalue weighted by Crippen LogP contribution is 2.29. The standard InChI is InChI=1S/C39H54N4O6/c1-4-5-6-7-8-9-10-11-12-13-14-15-16-17-21-24-35(45)40-32-25-26-34(49-3)33(27-32)41-38(47)37(30(2)44)43-36(46)29-42(39(43)48)28-31-22-19-18-20-23-31/h11-12,18-20,22-23,25-27,37H,4-10,13-17,21,24,28-29H2,1-3H3,(H,40,45)(H,41,47)/b12-11+. The largest absolute Gasteiger partial charge is 0.495 e. The van der Waals surface area contributed by atoms with Crippen molar-refractivity contribution < 1.29 is 28.7 Å². The van der Waals surface area contributed by atoms with Crippen LogP contribution in [-0.4, -0.2) is 59.0 Å². The number of amides is 5. The monoisotopic (exact) mass is 674 g/mol. The van der Waals surface area contributed by atoms with Crippen LogP contribution in [0.4, 0.5) is 16.2 Å². The van der Waals surface area contributed by atoms with Gasteiger partial charge in [-0.3, -0.25) is 19.2 Å². The number of ether oxygens (including phenoxy) is 1. The van der Waals surface area contributed by atoms with E-state index in [4.69, 9.17) is 4.74 Å². The predicted octanol–water partition coefficient (Wildman–Crippen LogP) is 8.03. The lowest BCUT2D eigenvalue weighted by molar-refractivity contribution is -0.138. The molecule has 0 bridgehead atoms. The minimum atomic E-state index is -1.66. The molecule has 1 fully saturated rings. The molecule has 1 unspecified atom stereocenters. The number of nitrogens with one attached hydrogen (secondary N) is 2. The number of ketones is 1. The molecule has 1 aliphatic rings. The van der Waals surface area contributed by atoms with Crippen molar-refractivity contribution in [2.24, 2.45) is 0 Å². The van der Waals surface area contributed by atoms with Crippen molar-refractivity contribution >= 4 is 40.9 Å². The SMILES string of the molecule is CCCCCCCC/C=C/CCCCCCCC(=O)Nc1ccc(OC)c(NC(=O)C(C(C)=O)N2C(=O)CN(Cc3ccccc3)C2=O)c1. The van der Waals surface area contributed by atoms with Gasteiger partial charge in [0.05, 0.1) is 12.8 Å². The maximum Gasteiger partial charge on any atom is 0.328 e. The highest BCUT2D eigenvalue weighted by Gasteiger charge is 2.45. The lowest BCUT2D eigenvalue weighted by Crippen LogP contribution is -2.51. The van der Waals surface area contributed by atoms with Crippen LogP contribution < -0.4 is 15.4 Å². The van der Waals surface area contributed by atoms with Crippen LogP contribution in [0.2, 0.25) is 0 Å². The number of methoxy groups -OCH3 is 1. The molecule has 10 heteroatoms. The van der Waals surface area contributed by atoms with Gasteiger partial charge in [0.2, 0.25) is 5.91 Å². The van der Waals surface area contributed by atoms with Gasteiger partial charge >= 0.3 is 6.03 Å². The third kappa shape index (κ3) is 13.2. The lowest BCUT2D eigenvalue weighted by atomic mass is 10.1. The second-order valence-corrected chi connectivity index (χ2v) is 12.7. The number of nitrogens with zero attached hydrogens (tertiary/aromatic N) is 2. The highest BCUT2D eigenvalue weighted by molar-refractivity contribution is 6.17. The Kier molecular flexibility index (Phi) is 17.1. The van der Waals surface area contributed by atoms with Gasteiger partial charge in [-0.15, -0.1) is 0 Å². The van der Waals surface area contributed by atoms with Gasteiger partial charge in [-0.25, -0.2) is 9.69 Å². The van der Waals surface area contributed by atoms with E-state index < -0.39 is 29.7 Å². The number of carbonyl (C=O) groups excluding carboxylic acids is 5. The van der Waals surface area contributed by atoms with Crippen LogP contribution in [0.15, 0.2) is 60.7 Å². The second kappa shape index (κ2) is 21.5. The molecule has 2 aromatic rings. The number of hydrogen-bond donors (Lipinski definition) is 2. The maximum absolute atomic E-state index is 13.4. The number of rotatable bonds is 23. The number of unbranched alkanes of at least 4 members (excludes halogenated alkanes) is 11. The van der Waals surface area contributed by atoms with E-state index >= 15 is 0 Å². The van der Waals surface area contributed by atoms with Crippen molar-refractivity contribution in [2.45, 2.75) is 116 Å². The number of anilines is 2. The van der Waals surface area contributed by atoms with Crippen LogP contribution in [0.5, 0.6) is 5.75 Å². The minimum absolute atomic E-state index is 0.145. The number of benzene rings is 2. The molecule has 3 rings (SSSR count). The molecule has 5 amide bonds. The molecule has 0 aromatic heterocycles. The first-order valence-electron chi connectivity index (χ1n) is 17.8. The Morgan fingerprint density at radius 2 is 1.47 bits per heavy atom. The van der Waals surface area contributed by atoms with Crippen LogP contribution in [-0.2, 0) is 25.7 Å². The van der Waals surface area contributed by atoms with Crippen molar-refractivity contribution in [3.05, 3.63) is 66.2 Å². The maximum atomic E-state index is 13.4. The fourth-order valence-corrected chi connectivity index (χ4v) is 5.90. The van der Waals surface area contributed by atoms with E-state index in [9.17, 15) is 24.0 Å². The fraction of sp³-hybridized carbons (Fsp3) is 0.513. The summed E-state index contributed by atoms with van der Waals surface area (Å²) in [5, 5.41) is 5.49. The summed E-state index contributed by atoms with van der Waals surface area (Å²) < 4.78 is 5.39. The molecule has 49 heavy (non-hydrogen) atoms. The Morgan fingerprint density at radius 3 is 2.10 bits per heavy atom. The van der Waals surface area contributed by atoms with Crippen LogP contribution in [0.3, 0.4) is 0 Å². The third-order valence-corrected chi connectivity index (χ3v) is 8.59. The molecule has 1 heterocycles. The van der Waals surface area contributed by atoms with Gasteiger partial charge in [0, 0.05) is 18.7 Å². The molecular formula is C39H54N4O6. The fourth-order valence-electron chi connectivity index (χ4n) is 5.90. The van der Waals surface area contributed by atoms with Gasteiger partial charge < -0.3 is 20.3 Å². The predicted molar refractivity (Wildman–Crippen MR) is 193 cm³/mol. The number of hydrogen-bond acceptors (Lipinski definition) is 6. The van der Waals surface area contributed by atoms with E-state index in [2.05, 4.69) is 29.7 Å². The van der Waals surface area contributed by atoms with Gasteiger partial charge in [-0.1, -0.05) is 101 Å². The number of Topliss-reactive ketones (excluding diaryl/α,β-unsaturated/α-hetero) is 1. The zero-order valence-corrected chi connectivity index (χ0v) is 29.5. The summed E-state index contributed by atoms with van der Waals surface area (Å²) in [6.45, 7) is 3.33. The minimum Gasteiger partial charge on any atom is -0.495 e. The van der Waals surface area contributed by atoms with Crippen LogP contribution in [0.1, 0.15) is 109 Å². The smallest absolute Gasteiger partial charge is 0.328 e.